The van der Waals surface area contributed by atoms with Gasteiger partial charge in [0.15, 0.2) is 5.11 Å². The van der Waals surface area contributed by atoms with Crippen LogP contribution in [0.3, 0.4) is 0 Å². The highest BCUT2D eigenvalue weighted by molar-refractivity contribution is 7.80. The fourth-order valence-corrected chi connectivity index (χ4v) is 2.00. The van der Waals surface area contributed by atoms with E-state index in [1.807, 2.05) is 55.5 Å². The van der Waals surface area contributed by atoms with E-state index in [0.717, 1.165) is 22.6 Å². The fraction of sp³-hybridized carbons (Fsp3) is 0.125. The maximum absolute atomic E-state index is 5.22. The van der Waals surface area contributed by atoms with E-state index < -0.39 is 0 Å². The smallest absolute Gasteiger partial charge is 0.191 e. The number of benzene rings is 2. The minimum absolute atomic E-state index is 0.447. The largest absolute Gasteiger partial charge is 0.496 e. The predicted octanol–water partition coefficient (Wildman–Crippen LogP) is 3.32. The number of para-hydroxylation sites is 1. The van der Waals surface area contributed by atoms with Crippen molar-refractivity contribution in [2.24, 2.45) is 5.10 Å². The second-order valence-corrected chi connectivity index (χ2v) is 4.83. The number of nitrogens with one attached hydrogen (secondary N) is 2. The van der Waals surface area contributed by atoms with Crippen molar-refractivity contribution in [2.75, 3.05) is 12.4 Å². The van der Waals surface area contributed by atoms with Crippen molar-refractivity contribution in [1.82, 2.24) is 5.43 Å². The van der Waals surface area contributed by atoms with Gasteiger partial charge in [-0.1, -0.05) is 18.2 Å². The second kappa shape index (κ2) is 7.40. The molecule has 2 rings (SSSR count). The Morgan fingerprint density at radius 3 is 2.62 bits per heavy atom. The van der Waals surface area contributed by atoms with Crippen molar-refractivity contribution in [3.8, 4) is 5.75 Å². The zero-order chi connectivity index (χ0) is 15.1. The van der Waals surface area contributed by atoms with Gasteiger partial charge in [0.2, 0.25) is 0 Å². The summed E-state index contributed by atoms with van der Waals surface area (Å²) in [5, 5.41) is 7.61. The van der Waals surface area contributed by atoms with Crippen LogP contribution in [-0.2, 0) is 0 Å². The first-order chi connectivity index (χ1) is 10.2. The van der Waals surface area contributed by atoms with E-state index in [2.05, 4.69) is 15.8 Å². The molecule has 0 fully saturated rings. The van der Waals surface area contributed by atoms with Crippen LogP contribution in [0.5, 0.6) is 5.75 Å². The molecule has 5 heteroatoms. The lowest BCUT2D eigenvalue weighted by Gasteiger charge is -2.07. The maximum Gasteiger partial charge on any atom is 0.191 e. The van der Waals surface area contributed by atoms with Crippen molar-refractivity contribution in [2.45, 2.75) is 6.92 Å². The molecule has 0 saturated heterocycles. The van der Waals surface area contributed by atoms with Crippen molar-refractivity contribution in [1.29, 1.82) is 0 Å². The number of rotatable bonds is 4. The zero-order valence-corrected chi connectivity index (χ0v) is 12.8. The lowest BCUT2D eigenvalue weighted by molar-refractivity contribution is 0.411. The third-order valence-electron chi connectivity index (χ3n) is 2.83. The molecule has 0 aliphatic carbocycles. The zero-order valence-electron chi connectivity index (χ0n) is 12.0. The van der Waals surface area contributed by atoms with Crippen molar-refractivity contribution >= 4 is 29.2 Å². The van der Waals surface area contributed by atoms with Crippen LogP contribution in [0, 0.1) is 6.92 Å². The second-order valence-electron chi connectivity index (χ2n) is 4.42. The van der Waals surface area contributed by atoms with E-state index in [1.165, 1.54) is 0 Å². The molecule has 2 N–H and O–H groups in total. The molecule has 0 aliphatic heterocycles. The van der Waals surface area contributed by atoms with Gasteiger partial charge in [-0.3, -0.25) is 5.43 Å². The monoisotopic (exact) mass is 299 g/mol. The van der Waals surface area contributed by atoms with Crippen LogP contribution < -0.4 is 15.5 Å². The number of hydrazone groups is 1. The molecular weight excluding hydrogens is 282 g/mol. The Labute approximate surface area is 129 Å². The molecule has 0 saturated carbocycles. The average molecular weight is 299 g/mol. The molecular formula is C16H17N3OS. The first-order valence-corrected chi connectivity index (χ1v) is 6.89. The number of thiocarbonyl (C=S) groups is 1. The van der Waals surface area contributed by atoms with Gasteiger partial charge in [-0.15, -0.1) is 0 Å². The van der Waals surface area contributed by atoms with E-state index in [4.69, 9.17) is 17.0 Å². The number of anilines is 1. The molecule has 0 radical (unpaired) electrons. The summed E-state index contributed by atoms with van der Waals surface area (Å²) in [6.45, 7) is 1.99. The highest BCUT2D eigenvalue weighted by atomic mass is 32.1. The molecule has 0 aliphatic rings. The number of nitrogens with zero attached hydrogens (tertiary/aromatic N) is 1. The summed E-state index contributed by atoms with van der Waals surface area (Å²) in [6.07, 6.45) is 1.71. The number of hydrogen-bond donors (Lipinski definition) is 2. The molecule has 0 unspecified atom stereocenters. The number of aryl methyl sites for hydroxylation is 1. The van der Waals surface area contributed by atoms with Gasteiger partial charge >= 0.3 is 0 Å². The molecule has 0 aromatic heterocycles. The van der Waals surface area contributed by atoms with Gasteiger partial charge in [0.1, 0.15) is 5.75 Å². The Bertz CT molecular complexity index is 641. The number of methoxy groups -OCH3 is 1. The molecule has 0 spiro atoms. The Morgan fingerprint density at radius 2 is 1.95 bits per heavy atom. The van der Waals surface area contributed by atoms with Crippen molar-refractivity contribution in [3.05, 3.63) is 59.7 Å². The van der Waals surface area contributed by atoms with Gasteiger partial charge in [0.25, 0.3) is 0 Å². The molecule has 0 heterocycles. The maximum atomic E-state index is 5.22. The third kappa shape index (κ3) is 4.57. The minimum Gasteiger partial charge on any atom is -0.496 e. The molecule has 4 nitrogen and oxygen atoms in total. The Hall–Kier alpha value is -2.40. The molecule has 0 atom stereocenters. The summed E-state index contributed by atoms with van der Waals surface area (Å²) in [5.41, 5.74) is 5.74. The summed E-state index contributed by atoms with van der Waals surface area (Å²) in [4.78, 5) is 0. The number of ether oxygens (including phenoxy) is 1. The van der Waals surface area contributed by atoms with Crippen molar-refractivity contribution < 1.29 is 4.74 Å². The Morgan fingerprint density at radius 1 is 1.19 bits per heavy atom. The highest BCUT2D eigenvalue weighted by Gasteiger charge is 1.98. The molecule has 21 heavy (non-hydrogen) atoms. The lowest BCUT2D eigenvalue weighted by atomic mass is 10.1. The van der Waals surface area contributed by atoms with Crippen LogP contribution in [-0.4, -0.2) is 18.4 Å². The predicted molar refractivity (Wildman–Crippen MR) is 91.1 cm³/mol. The standard InChI is InChI=1S/C16H17N3OS/c1-12-10-13(8-9-15(12)20-2)11-17-19-16(21)18-14-6-4-3-5-7-14/h3-11H,1-2H3,(H2,18,19,21). The number of hydrogen-bond acceptors (Lipinski definition) is 3. The van der Waals surface area contributed by atoms with Gasteiger partial charge < -0.3 is 10.1 Å². The van der Waals surface area contributed by atoms with Gasteiger partial charge in [0.05, 0.1) is 13.3 Å². The van der Waals surface area contributed by atoms with Gasteiger partial charge in [-0.2, -0.15) is 5.10 Å². The summed E-state index contributed by atoms with van der Waals surface area (Å²) in [6, 6.07) is 15.5. The normalized spacial score (nSPS) is 10.4. The van der Waals surface area contributed by atoms with E-state index in [0.29, 0.717) is 5.11 Å². The molecule has 2 aromatic carbocycles. The lowest BCUT2D eigenvalue weighted by Crippen LogP contribution is -2.23. The van der Waals surface area contributed by atoms with E-state index in [9.17, 15) is 0 Å². The van der Waals surface area contributed by atoms with E-state index in [1.54, 1.807) is 13.3 Å². The average Bonchev–Trinajstić information content (AvgIpc) is 2.48. The van der Waals surface area contributed by atoms with Gasteiger partial charge in [-0.25, -0.2) is 0 Å². The summed E-state index contributed by atoms with van der Waals surface area (Å²) in [5.74, 6) is 0.862. The van der Waals surface area contributed by atoms with Crippen LogP contribution >= 0.6 is 12.2 Å². The molecule has 0 bridgehead atoms. The molecule has 108 valence electrons. The van der Waals surface area contributed by atoms with Crippen LogP contribution in [0.2, 0.25) is 0 Å². The Kier molecular flexibility index (Phi) is 5.29. The summed E-state index contributed by atoms with van der Waals surface area (Å²) >= 11 is 5.16. The minimum atomic E-state index is 0.447. The van der Waals surface area contributed by atoms with Gasteiger partial charge in [-0.05, 0) is 60.6 Å². The van der Waals surface area contributed by atoms with E-state index >= 15 is 0 Å². The fourth-order valence-electron chi connectivity index (χ4n) is 1.83. The molecule has 0 amide bonds. The first kappa shape index (κ1) is 15.0. The highest BCUT2D eigenvalue weighted by Crippen LogP contribution is 2.17. The summed E-state index contributed by atoms with van der Waals surface area (Å²) < 4.78 is 5.22. The van der Waals surface area contributed by atoms with Crippen LogP contribution in [0.1, 0.15) is 11.1 Å². The van der Waals surface area contributed by atoms with E-state index in [-0.39, 0.29) is 0 Å². The van der Waals surface area contributed by atoms with Crippen LogP contribution in [0.25, 0.3) is 0 Å². The topological polar surface area (TPSA) is 45.6 Å². The van der Waals surface area contributed by atoms with Crippen LogP contribution in [0.15, 0.2) is 53.6 Å². The Balaban J connectivity index is 1.90. The third-order valence-corrected chi connectivity index (χ3v) is 3.02. The SMILES string of the molecule is COc1ccc(C=NNC(=S)Nc2ccccc2)cc1C. The molecule has 2 aromatic rings. The van der Waals surface area contributed by atoms with Crippen LogP contribution in [0.4, 0.5) is 5.69 Å². The van der Waals surface area contributed by atoms with Gasteiger partial charge in [0, 0.05) is 5.69 Å². The first-order valence-electron chi connectivity index (χ1n) is 6.49. The van der Waals surface area contributed by atoms with Crippen molar-refractivity contribution in [3.63, 3.8) is 0 Å². The quantitative estimate of drug-likeness (QED) is 0.516. The summed E-state index contributed by atoms with van der Waals surface area (Å²) in [7, 11) is 1.66.